The summed E-state index contributed by atoms with van der Waals surface area (Å²) in [5, 5.41) is 15.3. The van der Waals surface area contributed by atoms with Gasteiger partial charge in [-0.2, -0.15) is 0 Å². The Balaban J connectivity index is 1.45. The number of hydrogen-bond acceptors (Lipinski definition) is 5. The number of nitrogens with zero attached hydrogens (tertiary/aromatic N) is 1. The molecule has 0 unspecified atom stereocenters. The van der Waals surface area contributed by atoms with Crippen LogP contribution in [0.1, 0.15) is 53.5 Å². The summed E-state index contributed by atoms with van der Waals surface area (Å²) in [6, 6.07) is 13.0. The molecule has 4 aromatic rings. The van der Waals surface area contributed by atoms with Crippen LogP contribution in [-0.4, -0.2) is 33.9 Å². The molecule has 1 aromatic heterocycles. The van der Waals surface area contributed by atoms with E-state index in [0.29, 0.717) is 11.8 Å². The molecule has 0 aliphatic heterocycles. The fourth-order valence-corrected chi connectivity index (χ4v) is 4.61. The number of amides is 1. The van der Waals surface area contributed by atoms with Gasteiger partial charge in [-0.15, -0.1) is 0 Å². The first kappa shape index (κ1) is 22.1. The van der Waals surface area contributed by atoms with Crippen LogP contribution in [0.25, 0.3) is 10.9 Å². The standard InChI is InChI=1S/C26H18FN3O5/c1-13-15(20-12-14(27)6-9-21(20)29-13)10-11-28-26(33)19-8-7-18-22(23(19)30(34)35)25(32)17-5-3-2-4-16(17)24(18)31/h2-9,12,29H,10-11H2,1H3,(H,28,33). The number of H-pyrrole nitrogens is 1. The highest BCUT2D eigenvalue weighted by atomic mass is 19.1. The molecule has 0 spiro atoms. The Bertz CT molecular complexity index is 1590. The molecule has 0 atom stereocenters. The summed E-state index contributed by atoms with van der Waals surface area (Å²) in [5.74, 6) is -2.31. The number of ketones is 2. The zero-order valence-corrected chi connectivity index (χ0v) is 18.5. The molecule has 174 valence electrons. The van der Waals surface area contributed by atoms with Crippen LogP contribution >= 0.6 is 0 Å². The fraction of sp³-hybridized carbons (Fsp3) is 0.115. The van der Waals surface area contributed by atoms with Gasteiger partial charge in [0.2, 0.25) is 5.78 Å². The van der Waals surface area contributed by atoms with Gasteiger partial charge in [0.25, 0.3) is 11.6 Å². The summed E-state index contributed by atoms with van der Waals surface area (Å²) in [5.41, 5.74) is 1.14. The van der Waals surface area contributed by atoms with E-state index in [0.717, 1.165) is 16.8 Å². The third kappa shape index (κ3) is 3.57. The summed E-state index contributed by atoms with van der Waals surface area (Å²) in [6.45, 7) is 1.96. The molecule has 35 heavy (non-hydrogen) atoms. The number of rotatable bonds is 5. The number of carbonyl (C=O) groups excluding carboxylic acids is 3. The Kier molecular flexibility index (Phi) is 5.24. The van der Waals surface area contributed by atoms with Gasteiger partial charge < -0.3 is 10.3 Å². The van der Waals surface area contributed by atoms with E-state index in [2.05, 4.69) is 10.3 Å². The molecule has 0 saturated carbocycles. The number of nitrogens with one attached hydrogen (secondary N) is 2. The van der Waals surface area contributed by atoms with Crippen LogP contribution in [0.4, 0.5) is 10.1 Å². The zero-order valence-electron chi connectivity index (χ0n) is 18.5. The highest BCUT2D eigenvalue weighted by Crippen LogP contribution is 2.35. The van der Waals surface area contributed by atoms with Gasteiger partial charge >= 0.3 is 0 Å². The van der Waals surface area contributed by atoms with E-state index in [1.165, 1.54) is 36.4 Å². The van der Waals surface area contributed by atoms with Crippen LogP contribution in [-0.2, 0) is 6.42 Å². The molecule has 8 nitrogen and oxygen atoms in total. The first-order chi connectivity index (χ1) is 16.8. The molecule has 1 heterocycles. The van der Waals surface area contributed by atoms with Crippen molar-refractivity contribution < 1.29 is 23.7 Å². The zero-order chi connectivity index (χ0) is 24.9. The summed E-state index contributed by atoms with van der Waals surface area (Å²) >= 11 is 0. The average Bonchev–Trinajstić information content (AvgIpc) is 3.15. The number of hydrogen-bond donors (Lipinski definition) is 2. The molecule has 5 rings (SSSR count). The Labute approximate surface area is 197 Å². The van der Waals surface area contributed by atoms with Crippen LogP contribution < -0.4 is 5.32 Å². The molecule has 2 N–H and O–H groups in total. The van der Waals surface area contributed by atoms with Crippen molar-refractivity contribution in [1.82, 2.24) is 10.3 Å². The number of carbonyl (C=O) groups is 3. The second-order valence-corrected chi connectivity index (χ2v) is 8.27. The average molecular weight is 471 g/mol. The van der Waals surface area contributed by atoms with Crippen LogP contribution in [0.2, 0.25) is 0 Å². The lowest BCUT2D eigenvalue weighted by Gasteiger charge is -2.18. The van der Waals surface area contributed by atoms with E-state index in [1.807, 2.05) is 6.92 Å². The lowest BCUT2D eigenvalue weighted by molar-refractivity contribution is -0.385. The molecule has 9 heteroatoms. The summed E-state index contributed by atoms with van der Waals surface area (Å²) in [7, 11) is 0. The van der Waals surface area contributed by atoms with Gasteiger partial charge in [0.05, 0.1) is 4.92 Å². The van der Waals surface area contributed by atoms with Crippen molar-refractivity contribution in [2.45, 2.75) is 13.3 Å². The number of halogens is 1. The smallest absolute Gasteiger partial charge is 0.294 e. The number of nitro groups is 1. The lowest BCUT2D eigenvalue weighted by Crippen LogP contribution is -2.29. The van der Waals surface area contributed by atoms with Crippen molar-refractivity contribution in [3.8, 4) is 0 Å². The minimum Gasteiger partial charge on any atom is -0.358 e. The molecular formula is C26H18FN3O5. The van der Waals surface area contributed by atoms with Crippen molar-refractivity contribution in [2.75, 3.05) is 6.54 Å². The highest BCUT2D eigenvalue weighted by molar-refractivity contribution is 6.30. The van der Waals surface area contributed by atoms with Crippen LogP contribution in [0.3, 0.4) is 0 Å². The predicted octanol–water partition coefficient (Wildman–Crippen LogP) is 4.27. The van der Waals surface area contributed by atoms with Crippen LogP contribution in [0.15, 0.2) is 54.6 Å². The monoisotopic (exact) mass is 471 g/mol. The van der Waals surface area contributed by atoms with Gasteiger partial charge in [-0.1, -0.05) is 24.3 Å². The van der Waals surface area contributed by atoms with Crippen LogP contribution in [0.5, 0.6) is 0 Å². The van der Waals surface area contributed by atoms with Crippen molar-refractivity contribution in [3.05, 3.63) is 110 Å². The van der Waals surface area contributed by atoms with E-state index in [1.54, 1.807) is 18.2 Å². The van der Waals surface area contributed by atoms with Crippen molar-refractivity contribution in [1.29, 1.82) is 0 Å². The van der Waals surface area contributed by atoms with Gasteiger partial charge in [-0.25, -0.2) is 4.39 Å². The topological polar surface area (TPSA) is 122 Å². The van der Waals surface area contributed by atoms with E-state index < -0.39 is 28.1 Å². The van der Waals surface area contributed by atoms with Gasteiger partial charge in [-0.3, -0.25) is 24.5 Å². The van der Waals surface area contributed by atoms with E-state index in [-0.39, 0.29) is 40.2 Å². The molecule has 1 aliphatic carbocycles. The van der Waals surface area contributed by atoms with Gasteiger partial charge in [-0.05, 0) is 49.2 Å². The SMILES string of the molecule is Cc1[nH]c2ccc(F)cc2c1CCNC(=O)c1ccc2c(c1[N+](=O)[O-])C(=O)c1ccccc1C2=O. The first-order valence-corrected chi connectivity index (χ1v) is 10.8. The van der Waals surface area contributed by atoms with E-state index in [4.69, 9.17) is 0 Å². The van der Waals surface area contributed by atoms with Crippen LogP contribution in [0, 0.1) is 22.9 Å². The highest BCUT2D eigenvalue weighted by Gasteiger charge is 2.38. The number of fused-ring (bicyclic) bond motifs is 3. The molecule has 0 bridgehead atoms. The summed E-state index contributed by atoms with van der Waals surface area (Å²) in [4.78, 5) is 53.2. The second kappa shape index (κ2) is 8.28. The Morgan fingerprint density at radius 2 is 1.74 bits per heavy atom. The maximum atomic E-state index is 13.7. The van der Waals surface area contributed by atoms with Crippen molar-refractivity contribution in [2.24, 2.45) is 0 Å². The summed E-state index contributed by atoms with van der Waals surface area (Å²) in [6.07, 6.45) is 0.352. The lowest BCUT2D eigenvalue weighted by atomic mass is 9.82. The number of aryl methyl sites for hydroxylation is 1. The minimum absolute atomic E-state index is 0.0627. The number of aromatic nitrogens is 1. The largest absolute Gasteiger partial charge is 0.358 e. The molecular weight excluding hydrogens is 453 g/mol. The molecule has 0 radical (unpaired) electrons. The second-order valence-electron chi connectivity index (χ2n) is 8.27. The first-order valence-electron chi connectivity index (χ1n) is 10.8. The minimum atomic E-state index is -0.806. The third-order valence-corrected chi connectivity index (χ3v) is 6.24. The third-order valence-electron chi connectivity index (χ3n) is 6.24. The quantitative estimate of drug-likeness (QED) is 0.293. The number of benzene rings is 3. The fourth-order valence-electron chi connectivity index (χ4n) is 4.61. The Morgan fingerprint density at radius 3 is 2.46 bits per heavy atom. The van der Waals surface area contributed by atoms with Gasteiger partial charge in [0, 0.05) is 39.8 Å². The summed E-state index contributed by atoms with van der Waals surface area (Å²) < 4.78 is 13.7. The Hall–Kier alpha value is -4.66. The number of nitro benzene ring substituents is 1. The van der Waals surface area contributed by atoms with Crippen molar-refractivity contribution in [3.63, 3.8) is 0 Å². The van der Waals surface area contributed by atoms with Crippen molar-refractivity contribution >= 4 is 34.1 Å². The predicted molar refractivity (Wildman–Crippen MR) is 125 cm³/mol. The molecule has 1 amide bonds. The Morgan fingerprint density at radius 1 is 1.03 bits per heavy atom. The van der Waals surface area contributed by atoms with Gasteiger partial charge in [0.1, 0.15) is 16.9 Å². The van der Waals surface area contributed by atoms with E-state index >= 15 is 0 Å². The maximum Gasteiger partial charge on any atom is 0.294 e. The van der Waals surface area contributed by atoms with E-state index in [9.17, 15) is 28.9 Å². The van der Waals surface area contributed by atoms with Gasteiger partial charge in [0.15, 0.2) is 5.78 Å². The molecule has 1 aliphatic rings. The molecule has 0 saturated heterocycles. The normalized spacial score (nSPS) is 12.4. The molecule has 0 fully saturated rings. The number of aromatic amines is 1. The maximum absolute atomic E-state index is 13.7. The molecule has 3 aromatic carbocycles.